The van der Waals surface area contributed by atoms with Crippen LogP contribution < -0.4 is 10.9 Å². The lowest BCUT2D eigenvalue weighted by atomic mass is 10.2. The summed E-state index contributed by atoms with van der Waals surface area (Å²) < 4.78 is 12.6. The second-order valence-electron chi connectivity index (χ2n) is 6.34. The van der Waals surface area contributed by atoms with Crippen molar-refractivity contribution in [2.45, 2.75) is 26.2 Å². The van der Waals surface area contributed by atoms with Crippen LogP contribution in [-0.2, 0) is 21.0 Å². The number of hydrogen-bond acceptors (Lipinski definition) is 7. The molecule has 3 rings (SSSR count). The number of H-pyrrole nitrogens is 1. The standard InChI is InChI=1S/C19H20ClN5O5/c1-12(26)22-19-23-16-15(17(27)24-19)25(10-21-16)11-30-14(7-8-20)9-29-18(28)13-5-3-2-4-6-13/h2-6,10,14H,7-9,11H2,1H3,(H2,22,23,24,26,27)/t14-/m1/s1. The maximum absolute atomic E-state index is 12.4. The van der Waals surface area contributed by atoms with Gasteiger partial charge in [0.25, 0.3) is 5.56 Å². The number of rotatable bonds is 9. The minimum atomic E-state index is -0.478. The van der Waals surface area contributed by atoms with Crippen molar-refractivity contribution < 1.29 is 19.1 Å². The van der Waals surface area contributed by atoms with Crippen LogP contribution in [0, 0.1) is 0 Å². The first kappa shape index (κ1) is 21.5. The Morgan fingerprint density at radius 1 is 1.30 bits per heavy atom. The van der Waals surface area contributed by atoms with E-state index >= 15 is 0 Å². The fourth-order valence-corrected chi connectivity index (χ4v) is 2.90. The highest BCUT2D eigenvalue weighted by Crippen LogP contribution is 2.11. The van der Waals surface area contributed by atoms with Gasteiger partial charge in [-0.3, -0.25) is 19.9 Å². The summed E-state index contributed by atoms with van der Waals surface area (Å²) in [4.78, 5) is 46.2. The number of imidazole rings is 1. The van der Waals surface area contributed by atoms with E-state index < -0.39 is 17.6 Å². The molecule has 2 aromatic heterocycles. The van der Waals surface area contributed by atoms with Gasteiger partial charge < -0.3 is 14.0 Å². The van der Waals surface area contributed by atoms with Crippen molar-refractivity contribution in [2.24, 2.45) is 0 Å². The Labute approximate surface area is 176 Å². The van der Waals surface area contributed by atoms with Gasteiger partial charge in [0.2, 0.25) is 11.9 Å². The lowest BCUT2D eigenvalue weighted by Crippen LogP contribution is -2.25. The molecule has 1 amide bonds. The first-order valence-electron chi connectivity index (χ1n) is 9.10. The number of alkyl halides is 1. The summed E-state index contributed by atoms with van der Waals surface area (Å²) in [6.45, 7) is 1.29. The van der Waals surface area contributed by atoms with Gasteiger partial charge in [0.05, 0.1) is 18.0 Å². The summed E-state index contributed by atoms with van der Waals surface area (Å²) in [6.07, 6.45) is 1.37. The van der Waals surface area contributed by atoms with E-state index in [2.05, 4.69) is 20.3 Å². The summed E-state index contributed by atoms with van der Waals surface area (Å²) in [6, 6.07) is 8.62. The van der Waals surface area contributed by atoms with E-state index in [1.54, 1.807) is 30.3 Å². The molecule has 0 saturated heterocycles. The number of nitrogens with zero attached hydrogens (tertiary/aromatic N) is 3. The van der Waals surface area contributed by atoms with E-state index in [-0.39, 0.29) is 36.4 Å². The van der Waals surface area contributed by atoms with Gasteiger partial charge in [0.15, 0.2) is 11.2 Å². The number of benzene rings is 1. The van der Waals surface area contributed by atoms with Gasteiger partial charge in [0.1, 0.15) is 13.3 Å². The highest BCUT2D eigenvalue weighted by molar-refractivity contribution is 6.17. The summed E-state index contributed by atoms with van der Waals surface area (Å²) in [7, 11) is 0. The van der Waals surface area contributed by atoms with Gasteiger partial charge in [-0.05, 0) is 18.6 Å². The van der Waals surface area contributed by atoms with Crippen molar-refractivity contribution in [1.82, 2.24) is 19.5 Å². The molecule has 1 aromatic carbocycles. The number of ether oxygens (including phenoxy) is 2. The molecule has 11 heteroatoms. The molecule has 0 radical (unpaired) electrons. The average molecular weight is 434 g/mol. The molecule has 0 aliphatic carbocycles. The van der Waals surface area contributed by atoms with Crippen molar-refractivity contribution in [3.05, 3.63) is 52.6 Å². The van der Waals surface area contributed by atoms with Crippen LogP contribution in [-0.4, -0.2) is 50.0 Å². The summed E-state index contributed by atoms with van der Waals surface area (Å²) in [5.41, 5.74) is 0.315. The molecule has 1 atom stereocenters. The molecule has 10 nitrogen and oxygen atoms in total. The first-order chi connectivity index (χ1) is 14.5. The van der Waals surface area contributed by atoms with E-state index in [0.717, 1.165) is 0 Å². The van der Waals surface area contributed by atoms with E-state index in [1.165, 1.54) is 17.8 Å². The maximum Gasteiger partial charge on any atom is 0.338 e. The van der Waals surface area contributed by atoms with Gasteiger partial charge in [0, 0.05) is 12.8 Å². The molecule has 2 heterocycles. The van der Waals surface area contributed by atoms with Gasteiger partial charge in [-0.1, -0.05) is 18.2 Å². The number of amides is 1. The molecule has 2 N–H and O–H groups in total. The molecule has 158 valence electrons. The number of fused-ring (bicyclic) bond motifs is 1. The number of nitrogens with one attached hydrogen (secondary N) is 2. The van der Waals surface area contributed by atoms with Crippen LogP contribution in [0.15, 0.2) is 41.5 Å². The zero-order valence-electron chi connectivity index (χ0n) is 16.1. The second-order valence-corrected chi connectivity index (χ2v) is 6.72. The fourth-order valence-electron chi connectivity index (χ4n) is 2.66. The zero-order valence-corrected chi connectivity index (χ0v) is 16.9. The lowest BCUT2D eigenvalue weighted by Gasteiger charge is -2.17. The minimum absolute atomic E-state index is 0.00830. The molecular weight excluding hydrogens is 414 g/mol. The maximum atomic E-state index is 12.4. The Balaban J connectivity index is 1.65. The van der Waals surface area contributed by atoms with Crippen molar-refractivity contribution in [1.29, 1.82) is 0 Å². The third-order valence-corrected chi connectivity index (χ3v) is 4.29. The summed E-state index contributed by atoms with van der Waals surface area (Å²) >= 11 is 5.83. The summed E-state index contributed by atoms with van der Waals surface area (Å²) in [5, 5.41) is 2.41. The number of carbonyl (C=O) groups excluding carboxylic acids is 2. The molecule has 0 fully saturated rings. The number of aromatic nitrogens is 4. The predicted molar refractivity (Wildman–Crippen MR) is 109 cm³/mol. The molecule has 0 bridgehead atoms. The minimum Gasteiger partial charge on any atom is -0.459 e. The zero-order chi connectivity index (χ0) is 21.5. The quantitative estimate of drug-likeness (QED) is 0.389. The molecule has 3 aromatic rings. The molecular formula is C19H20ClN5O5. The third kappa shape index (κ3) is 5.43. The van der Waals surface area contributed by atoms with Gasteiger partial charge in [-0.15, -0.1) is 11.6 Å². The lowest BCUT2D eigenvalue weighted by molar-refractivity contribution is -0.114. The number of halogens is 1. The van der Waals surface area contributed by atoms with Crippen LogP contribution in [0.1, 0.15) is 23.7 Å². The van der Waals surface area contributed by atoms with Crippen LogP contribution in [0.3, 0.4) is 0 Å². The largest absolute Gasteiger partial charge is 0.459 e. The molecule has 0 unspecified atom stereocenters. The number of esters is 1. The second kappa shape index (κ2) is 9.99. The number of anilines is 1. The number of hydrogen-bond donors (Lipinski definition) is 2. The Morgan fingerprint density at radius 3 is 2.77 bits per heavy atom. The van der Waals surface area contributed by atoms with E-state index in [0.29, 0.717) is 17.9 Å². The van der Waals surface area contributed by atoms with Gasteiger partial charge in [-0.25, -0.2) is 9.78 Å². The van der Waals surface area contributed by atoms with Crippen LogP contribution in [0.4, 0.5) is 5.95 Å². The normalized spacial score (nSPS) is 11.9. The highest BCUT2D eigenvalue weighted by atomic mass is 35.5. The highest BCUT2D eigenvalue weighted by Gasteiger charge is 2.16. The number of aromatic amines is 1. The summed E-state index contributed by atoms with van der Waals surface area (Å²) in [5.74, 6) is -0.508. The molecule has 0 aliphatic rings. The average Bonchev–Trinajstić information content (AvgIpc) is 3.13. The first-order valence-corrected chi connectivity index (χ1v) is 9.64. The Bertz CT molecular complexity index is 1080. The van der Waals surface area contributed by atoms with Crippen molar-refractivity contribution in [2.75, 3.05) is 17.8 Å². The number of carbonyl (C=O) groups is 2. The Hall–Kier alpha value is -3.24. The van der Waals surface area contributed by atoms with Crippen molar-refractivity contribution >= 4 is 40.6 Å². The van der Waals surface area contributed by atoms with E-state index in [4.69, 9.17) is 21.1 Å². The van der Waals surface area contributed by atoms with E-state index in [9.17, 15) is 14.4 Å². The van der Waals surface area contributed by atoms with Crippen molar-refractivity contribution in [3.8, 4) is 0 Å². The van der Waals surface area contributed by atoms with Gasteiger partial charge in [-0.2, -0.15) is 4.98 Å². The smallest absolute Gasteiger partial charge is 0.338 e. The van der Waals surface area contributed by atoms with Crippen LogP contribution in [0.2, 0.25) is 0 Å². The Kier molecular flexibility index (Phi) is 7.15. The van der Waals surface area contributed by atoms with Crippen LogP contribution in [0.25, 0.3) is 11.2 Å². The van der Waals surface area contributed by atoms with Crippen molar-refractivity contribution in [3.63, 3.8) is 0 Å². The van der Waals surface area contributed by atoms with Crippen LogP contribution >= 0.6 is 11.6 Å². The molecule has 30 heavy (non-hydrogen) atoms. The topological polar surface area (TPSA) is 128 Å². The molecule has 0 spiro atoms. The third-order valence-electron chi connectivity index (χ3n) is 4.07. The molecule has 0 aliphatic heterocycles. The SMILES string of the molecule is CC(=O)Nc1nc2ncn(CO[C@H](CCCl)COC(=O)c3ccccc3)c2c(=O)[nH]1. The van der Waals surface area contributed by atoms with Crippen LogP contribution in [0.5, 0.6) is 0 Å². The fraction of sp³-hybridized carbons (Fsp3) is 0.316. The van der Waals surface area contributed by atoms with E-state index in [1.807, 2.05) is 0 Å². The Morgan fingerprint density at radius 2 is 2.07 bits per heavy atom. The predicted octanol–water partition coefficient (Wildman–Crippen LogP) is 1.91. The van der Waals surface area contributed by atoms with Gasteiger partial charge >= 0.3 is 5.97 Å². The molecule has 0 saturated carbocycles. The monoisotopic (exact) mass is 433 g/mol.